The number of likely N-dealkylation sites (N-methyl/N-ethyl adjacent to an activating group) is 1. The van der Waals surface area contributed by atoms with Crippen molar-refractivity contribution < 1.29 is 4.39 Å². The van der Waals surface area contributed by atoms with Crippen LogP contribution in [0.5, 0.6) is 0 Å². The van der Waals surface area contributed by atoms with Crippen LogP contribution in [0.4, 0.5) is 10.1 Å². The molecule has 1 aliphatic rings. The van der Waals surface area contributed by atoms with Crippen LogP contribution in [0.3, 0.4) is 0 Å². The summed E-state index contributed by atoms with van der Waals surface area (Å²) in [7, 11) is 0. The van der Waals surface area contributed by atoms with Crippen molar-refractivity contribution in [3.63, 3.8) is 0 Å². The van der Waals surface area contributed by atoms with Gasteiger partial charge in [-0.05, 0) is 32.4 Å². The third kappa shape index (κ3) is 1.61. The maximum Gasteiger partial charge on any atom is 0.128 e. The van der Waals surface area contributed by atoms with Crippen LogP contribution in [0.25, 0.3) is 0 Å². The summed E-state index contributed by atoms with van der Waals surface area (Å²) in [6.45, 7) is 4.94. The second-order valence-electron chi connectivity index (χ2n) is 4.15. The van der Waals surface area contributed by atoms with Crippen LogP contribution in [0, 0.1) is 5.82 Å². The number of hydrogen-bond donors (Lipinski definition) is 1. The molecule has 3 heteroatoms. The summed E-state index contributed by atoms with van der Waals surface area (Å²) in [6.07, 6.45) is 0.730. The van der Waals surface area contributed by atoms with Gasteiger partial charge in [0.25, 0.3) is 0 Å². The molecule has 82 valence electrons. The first-order valence-corrected chi connectivity index (χ1v) is 5.44. The van der Waals surface area contributed by atoms with Crippen molar-refractivity contribution in [1.29, 1.82) is 0 Å². The molecule has 0 aliphatic carbocycles. The average Bonchev–Trinajstić information content (AvgIpc) is 2.57. The molecule has 1 aromatic carbocycles. The fourth-order valence-corrected chi connectivity index (χ4v) is 2.39. The van der Waals surface area contributed by atoms with E-state index >= 15 is 0 Å². The maximum absolute atomic E-state index is 13.6. The van der Waals surface area contributed by atoms with E-state index in [1.54, 1.807) is 6.07 Å². The molecule has 0 saturated carbocycles. The second-order valence-corrected chi connectivity index (χ2v) is 4.15. The van der Waals surface area contributed by atoms with Crippen LogP contribution in [0.15, 0.2) is 18.2 Å². The lowest BCUT2D eigenvalue weighted by Crippen LogP contribution is -2.44. The van der Waals surface area contributed by atoms with Gasteiger partial charge in [-0.1, -0.05) is 6.07 Å². The lowest BCUT2D eigenvalue weighted by Gasteiger charge is -2.28. The van der Waals surface area contributed by atoms with Gasteiger partial charge in [0, 0.05) is 29.9 Å². The van der Waals surface area contributed by atoms with Crippen molar-refractivity contribution in [1.82, 2.24) is 0 Å². The standard InChI is InChI=1S/C12H17FN2/c1-3-15-11-6-4-5-10(13)9(11)7-12(15)8(2)14/h4-6,8,12H,3,7,14H2,1-2H3. The van der Waals surface area contributed by atoms with E-state index in [0.717, 1.165) is 24.2 Å². The quantitative estimate of drug-likeness (QED) is 0.804. The van der Waals surface area contributed by atoms with Gasteiger partial charge in [-0.15, -0.1) is 0 Å². The summed E-state index contributed by atoms with van der Waals surface area (Å²) in [5, 5.41) is 0. The number of anilines is 1. The van der Waals surface area contributed by atoms with Gasteiger partial charge >= 0.3 is 0 Å². The van der Waals surface area contributed by atoms with E-state index in [1.165, 1.54) is 6.07 Å². The van der Waals surface area contributed by atoms with E-state index in [1.807, 2.05) is 13.0 Å². The van der Waals surface area contributed by atoms with E-state index in [4.69, 9.17) is 5.73 Å². The zero-order valence-electron chi connectivity index (χ0n) is 9.20. The highest BCUT2D eigenvalue weighted by molar-refractivity contribution is 5.60. The highest BCUT2D eigenvalue weighted by atomic mass is 19.1. The first-order valence-electron chi connectivity index (χ1n) is 5.44. The van der Waals surface area contributed by atoms with E-state index in [2.05, 4.69) is 11.8 Å². The lowest BCUT2D eigenvalue weighted by molar-refractivity contribution is 0.531. The smallest absolute Gasteiger partial charge is 0.128 e. The molecule has 0 radical (unpaired) electrons. The molecular formula is C12H17FN2. The van der Waals surface area contributed by atoms with Gasteiger partial charge in [-0.2, -0.15) is 0 Å². The highest BCUT2D eigenvalue weighted by Crippen LogP contribution is 2.34. The largest absolute Gasteiger partial charge is 0.367 e. The first-order chi connectivity index (χ1) is 7.15. The highest BCUT2D eigenvalue weighted by Gasteiger charge is 2.32. The Labute approximate surface area is 89.9 Å². The fourth-order valence-electron chi connectivity index (χ4n) is 2.39. The van der Waals surface area contributed by atoms with Gasteiger partial charge in [0.05, 0.1) is 0 Å². The number of hydrogen-bond acceptors (Lipinski definition) is 2. The molecule has 0 bridgehead atoms. The second kappa shape index (κ2) is 3.81. The minimum atomic E-state index is -0.103. The number of nitrogens with two attached hydrogens (primary N) is 1. The van der Waals surface area contributed by atoms with Crippen molar-refractivity contribution in [2.45, 2.75) is 32.4 Å². The van der Waals surface area contributed by atoms with Crippen molar-refractivity contribution in [3.8, 4) is 0 Å². The molecule has 1 aromatic rings. The number of benzene rings is 1. The van der Waals surface area contributed by atoms with Crippen LogP contribution >= 0.6 is 0 Å². The molecule has 0 amide bonds. The summed E-state index contributed by atoms with van der Waals surface area (Å²) < 4.78 is 13.6. The molecule has 15 heavy (non-hydrogen) atoms. The predicted molar refractivity (Wildman–Crippen MR) is 60.6 cm³/mol. The number of rotatable bonds is 2. The van der Waals surface area contributed by atoms with Gasteiger partial charge in [0.15, 0.2) is 0 Å². The number of halogens is 1. The van der Waals surface area contributed by atoms with Crippen molar-refractivity contribution in [2.75, 3.05) is 11.4 Å². The Kier molecular flexibility index (Phi) is 2.65. The number of nitrogens with zero attached hydrogens (tertiary/aromatic N) is 1. The molecule has 2 atom stereocenters. The fraction of sp³-hybridized carbons (Fsp3) is 0.500. The van der Waals surface area contributed by atoms with Gasteiger partial charge < -0.3 is 10.6 Å². The van der Waals surface area contributed by atoms with E-state index < -0.39 is 0 Å². The molecule has 2 N–H and O–H groups in total. The summed E-state index contributed by atoms with van der Waals surface area (Å²) in [5.41, 5.74) is 7.76. The molecule has 0 aromatic heterocycles. The topological polar surface area (TPSA) is 29.3 Å². The Morgan fingerprint density at radius 3 is 2.93 bits per heavy atom. The normalized spacial score (nSPS) is 21.6. The van der Waals surface area contributed by atoms with Crippen molar-refractivity contribution >= 4 is 5.69 Å². The zero-order chi connectivity index (χ0) is 11.0. The Hall–Kier alpha value is -1.09. The molecular weight excluding hydrogens is 191 g/mol. The predicted octanol–water partition coefficient (Wildman–Crippen LogP) is 1.92. The Balaban J connectivity index is 2.41. The minimum Gasteiger partial charge on any atom is -0.367 e. The monoisotopic (exact) mass is 208 g/mol. The van der Waals surface area contributed by atoms with Crippen LogP contribution in [0.2, 0.25) is 0 Å². The lowest BCUT2D eigenvalue weighted by atomic mass is 10.1. The molecule has 0 spiro atoms. The van der Waals surface area contributed by atoms with Crippen LogP contribution < -0.4 is 10.6 Å². The van der Waals surface area contributed by atoms with E-state index in [9.17, 15) is 4.39 Å². The number of fused-ring (bicyclic) bond motifs is 1. The van der Waals surface area contributed by atoms with Gasteiger partial charge in [0.2, 0.25) is 0 Å². The van der Waals surface area contributed by atoms with Crippen molar-refractivity contribution in [2.24, 2.45) is 5.73 Å². The first kappa shape index (κ1) is 10.4. The Morgan fingerprint density at radius 1 is 1.60 bits per heavy atom. The molecule has 0 fully saturated rings. The summed E-state index contributed by atoms with van der Waals surface area (Å²) in [5.74, 6) is -0.103. The third-order valence-corrected chi connectivity index (χ3v) is 3.16. The van der Waals surface area contributed by atoms with E-state index in [-0.39, 0.29) is 17.9 Å². The van der Waals surface area contributed by atoms with Crippen LogP contribution in [0.1, 0.15) is 19.4 Å². The van der Waals surface area contributed by atoms with Gasteiger partial charge in [-0.25, -0.2) is 4.39 Å². The Bertz CT molecular complexity index is 363. The average molecular weight is 208 g/mol. The third-order valence-electron chi connectivity index (χ3n) is 3.16. The SMILES string of the molecule is CCN1c2cccc(F)c2CC1C(C)N. The molecule has 2 nitrogen and oxygen atoms in total. The summed E-state index contributed by atoms with van der Waals surface area (Å²) in [6, 6.07) is 5.57. The molecule has 1 heterocycles. The Morgan fingerprint density at radius 2 is 2.33 bits per heavy atom. The van der Waals surface area contributed by atoms with E-state index in [0.29, 0.717) is 0 Å². The molecule has 2 unspecified atom stereocenters. The van der Waals surface area contributed by atoms with Crippen LogP contribution in [-0.2, 0) is 6.42 Å². The summed E-state index contributed by atoms with van der Waals surface area (Å²) >= 11 is 0. The summed E-state index contributed by atoms with van der Waals surface area (Å²) in [4.78, 5) is 2.20. The van der Waals surface area contributed by atoms with Crippen molar-refractivity contribution in [3.05, 3.63) is 29.6 Å². The zero-order valence-corrected chi connectivity index (χ0v) is 9.20. The van der Waals surface area contributed by atoms with Crippen LogP contribution in [-0.4, -0.2) is 18.6 Å². The molecule has 0 saturated heterocycles. The van der Waals surface area contributed by atoms with Gasteiger partial charge in [-0.3, -0.25) is 0 Å². The van der Waals surface area contributed by atoms with Gasteiger partial charge in [0.1, 0.15) is 5.82 Å². The maximum atomic E-state index is 13.6. The molecule has 2 rings (SSSR count). The minimum absolute atomic E-state index is 0.0664. The molecule has 1 aliphatic heterocycles.